The highest BCUT2D eigenvalue weighted by Crippen LogP contribution is 2.15. The largest absolute Gasteiger partial charge is 0.397 e. The van der Waals surface area contributed by atoms with Gasteiger partial charge in [0.1, 0.15) is 5.69 Å². The van der Waals surface area contributed by atoms with Crippen molar-refractivity contribution in [3.05, 3.63) is 18.0 Å². The highest BCUT2D eigenvalue weighted by Gasteiger charge is 2.19. The highest BCUT2D eigenvalue weighted by atomic mass is 16.2. The van der Waals surface area contributed by atoms with Crippen molar-refractivity contribution in [2.24, 2.45) is 0 Å². The fourth-order valence-corrected chi connectivity index (χ4v) is 1.79. The van der Waals surface area contributed by atoms with Crippen molar-refractivity contribution in [2.75, 3.05) is 12.8 Å². The van der Waals surface area contributed by atoms with Crippen molar-refractivity contribution in [1.29, 1.82) is 0 Å². The fourth-order valence-electron chi connectivity index (χ4n) is 1.79. The minimum Gasteiger partial charge on any atom is -0.397 e. The Hall–Kier alpha value is -1.45. The van der Waals surface area contributed by atoms with Crippen LogP contribution in [0.4, 0.5) is 5.69 Å². The lowest BCUT2D eigenvalue weighted by Crippen LogP contribution is -2.35. The molecule has 0 bridgehead atoms. The van der Waals surface area contributed by atoms with Crippen molar-refractivity contribution in [3.63, 3.8) is 0 Å². The lowest BCUT2D eigenvalue weighted by atomic mass is 10.2. The maximum Gasteiger partial charge on any atom is 0.270 e. The second-order valence-electron chi connectivity index (χ2n) is 4.53. The van der Waals surface area contributed by atoms with E-state index in [1.165, 1.54) is 0 Å². The molecule has 17 heavy (non-hydrogen) atoms. The minimum atomic E-state index is 0.0458. The zero-order valence-corrected chi connectivity index (χ0v) is 11.2. The van der Waals surface area contributed by atoms with E-state index < -0.39 is 0 Å². The summed E-state index contributed by atoms with van der Waals surface area (Å²) in [6, 6.07) is 2.00. The number of carbonyl (C=O) groups excluding carboxylic acids is 1. The molecule has 2 N–H and O–H groups in total. The molecule has 0 saturated heterocycles. The van der Waals surface area contributed by atoms with Crippen LogP contribution in [0.25, 0.3) is 0 Å². The lowest BCUT2D eigenvalue weighted by Gasteiger charge is -2.24. The number of carbonyl (C=O) groups is 1. The lowest BCUT2D eigenvalue weighted by molar-refractivity contribution is 0.0729. The summed E-state index contributed by atoms with van der Waals surface area (Å²) in [5.41, 5.74) is 7.10. The summed E-state index contributed by atoms with van der Waals surface area (Å²) in [7, 11) is 1.84. The van der Waals surface area contributed by atoms with E-state index >= 15 is 0 Å². The van der Waals surface area contributed by atoms with E-state index in [-0.39, 0.29) is 11.9 Å². The van der Waals surface area contributed by atoms with Crippen LogP contribution in [-0.2, 0) is 6.54 Å². The first kappa shape index (κ1) is 13.6. The molecule has 0 spiro atoms. The summed E-state index contributed by atoms with van der Waals surface area (Å²) in [5.74, 6) is 0.0458. The molecule has 1 heterocycles. The zero-order chi connectivity index (χ0) is 13.0. The zero-order valence-electron chi connectivity index (χ0n) is 11.2. The molecule has 0 saturated carbocycles. The van der Waals surface area contributed by atoms with Gasteiger partial charge in [-0.3, -0.25) is 4.79 Å². The molecule has 4 nitrogen and oxygen atoms in total. The third kappa shape index (κ3) is 3.02. The van der Waals surface area contributed by atoms with E-state index in [4.69, 9.17) is 5.73 Å². The van der Waals surface area contributed by atoms with Gasteiger partial charge in [0.05, 0.1) is 5.69 Å². The number of rotatable bonds is 5. The predicted molar refractivity (Wildman–Crippen MR) is 71.0 cm³/mol. The van der Waals surface area contributed by atoms with E-state index in [1.54, 1.807) is 11.0 Å². The van der Waals surface area contributed by atoms with Gasteiger partial charge in [-0.2, -0.15) is 0 Å². The number of nitrogens with two attached hydrogens (primary N) is 1. The van der Waals surface area contributed by atoms with E-state index in [0.717, 1.165) is 19.4 Å². The Morgan fingerprint density at radius 1 is 1.53 bits per heavy atom. The van der Waals surface area contributed by atoms with Gasteiger partial charge in [0.25, 0.3) is 5.91 Å². The maximum atomic E-state index is 12.3. The molecule has 0 fully saturated rings. The third-order valence-corrected chi connectivity index (χ3v) is 3.17. The smallest absolute Gasteiger partial charge is 0.270 e. The molecule has 4 heteroatoms. The SMILES string of the molecule is CCCn1cc(N)cc1C(=O)N(C)C(C)CC. The van der Waals surface area contributed by atoms with Crippen LogP contribution in [0.1, 0.15) is 44.1 Å². The highest BCUT2D eigenvalue weighted by molar-refractivity contribution is 5.93. The molecule has 1 aromatic heterocycles. The first-order valence-electron chi connectivity index (χ1n) is 6.24. The van der Waals surface area contributed by atoms with Crippen LogP contribution >= 0.6 is 0 Å². The van der Waals surface area contributed by atoms with Gasteiger partial charge < -0.3 is 15.2 Å². The molecule has 1 unspecified atom stereocenters. The van der Waals surface area contributed by atoms with E-state index in [9.17, 15) is 4.79 Å². The van der Waals surface area contributed by atoms with Crippen molar-refractivity contribution < 1.29 is 4.79 Å². The fraction of sp³-hybridized carbons (Fsp3) is 0.615. The number of aryl methyl sites for hydroxylation is 1. The van der Waals surface area contributed by atoms with Gasteiger partial charge in [-0.15, -0.1) is 0 Å². The van der Waals surface area contributed by atoms with Gasteiger partial charge in [-0.25, -0.2) is 0 Å². The summed E-state index contributed by atoms with van der Waals surface area (Å²) >= 11 is 0. The van der Waals surface area contributed by atoms with Gasteiger partial charge in [-0.1, -0.05) is 13.8 Å². The first-order valence-corrected chi connectivity index (χ1v) is 6.24. The average molecular weight is 237 g/mol. The van der Waals surface area contributed by atoms with Crippen molar-refractivity contribution >= 4 is 11.6 Å². The summed E-state index contributed by atoms with van der Waals surface area (Å²) in [6.45, 7) is 7.04. The number of hydrogen-bond donors (Lipinski definition) is 1. The number of hydrogen-bond acceptors (Lipinski definition) is 2. The van der Waals surface area contributed by atoms with Crippen LogP contribution in [-0.4, -0.2) is 28.5 Å². The molecule has 1 aromatic rings. The Kier molecular flexibility index (Phi) is 4.61. The topological polar surface area (TPSA) is 51.3 Å². The van der Waals surface area contributed by atoms with Gasteiger partial charge >= 0.3 is 0 Å². The summed E-state index contributed by atoms with van der Waals surface area (Å²) in [5, 5.41) is 0. The standard InChI is InChI=1S/C13H23N3O/c1-5-7-16-9-11(14)8-12(16)13(17)15(4)10(3)6-2/h8-10H,5-7,14H2,1-4H3. The van der Waals surface area contributed by atoms with E-state index in [1.807, 2.05) is 24.7 Å². The quantitative estimate of drug-likeness (QED) is 0.854. The molecule has 0 aliphatic heterocycles. The van der Waals surface area contributed by atoms with Gasteiger partial charge in [0.15, 0.2) is 0 Å². The van der Waals surface area contributed by atoms with Crippen LogP contribution in [0.15, 0.2) is 12.3 Å². The summed E-state index contributed by atoms with van der Waals surface area (Å²) in [6.07, 6.45) is 3.77. The molecule has 1 amide bonds. The molecule has 1 atom stereocenters. The Morgan fingerprint density at radius 3 is 2.71 bits per heavy atom. The van der Waals surface area contributed by atoms with Crippen LogP contribution in [0, 0.1) is 0 Å². The van der Waals surface area contributed by atoms with Crippen molar-refractivity contribution in [2.45, 2.75) is 46.2 Å². The molecule has 0 radical (unpaired) electrons. The monoisotopic (exact) mass is 237 g/mol. The van der Waals surface area contributed by atoms with Gasteiger partial charge in [0, 0.05) is 25.8 Å². The van der Waals surface area contributed by atoms with E-state index in [0.29, 0.717) is 11.4 Å². The molecule has 0 aliphatic rings. The van der Waals surface area contributed by atoms with E-state index in [2.05, 4.69) is 13.8 Å². The summed E-state index contributed by atoms with van der Waals surface area (Å²) in [4.78, 5) is 14.1. The van der Waals surface area contributed by atoms with Crippen LogP contribution in [0.3, 0.4) is 0 Å². The number of anilines is 1. The predicted octanol–water partition coefficient (Wildman–Crippen LogP) is 2.35. The van der Waals surface area contributed by atoms with Crippen molar-refractivity contribution in [3.8, 4) is 0 Å². The van der Waals surface area contributed by atoms with Crippen molar-refractivity contribution in [1.82, 2.24) is 9.47 Å². The molecule has 1 rings (SSSR count). The molecular formula is C13H23N3O. The molecule has 0 aliphatic carbocycles. The van der Waals surface area contributed by atoms with Crippen LogP contribution in [0.5, 0.6) is 0 Å². The second kappa shape index (κ2) is 5.75. The number of aromatic nitrogens is 1. The Bertz CT molecular complexity index is 384. The Balaban J connectivity index is 2.94. The van der Waals surface area contributed by atoms with Crippen LogP contribution in [0.2, 0.25) is 0 Å². The Morgan fingerprint density at radius 2 is 2.18 bits per heavy atom. The van der Waals surface area contributed by atoms with Crippen LogP contribution < -0.4 is 5.73 Å². The first-order chi connectivity index (χ1) is 8.01. The number of nitrogen functional groups attached to an aromatic ring is 1. The second-order valence-corrected chi connectivity index (χ2v) is 4.53. The number of nitrogens with zero attached hydrogens (tertiary/aromatic N) is 2. The average Bonchev–Trinajstić information content (AvgIpc) is 2.68. The third-order valence-electron chi connectivity index (χ3n) is 3.17. The summed E-state index contributed by atoms with van der Waals surface area (Å²) < 4.78 is 1.94. The molecule has 96 valence electrons. The minimum absolute atomic E-state index is 0.0458. The molecular weight excluding hydrogens is 214 g/mol. The molecule has 0 aromatic carbocycles. The van der Waals surface area contributed by atoms with Gasteiger partial charge in [0.2, 0.25) is 0 Å². The number of amides is 1. The normalized spacial score (nSPS) is 12.5. The Labute approximate surface area is 103 Å². The van der Waals surface area contributed by atoms with Gasteiger partial charge in [-0.05, 0) is 25.8 Å². The maximum absolute atomic E-state index is 12.3.